The van der Waals surface area contributed by atoms with Crippen LogP contribution < -0.4 is 5.32 Å². The van der Waals surface area contributed by atoms with E-state index in [-0.39, 0.29) is 5.91 Å². The summed E-state index contributed by atoms with van der Waals surface area (Å²) in [4.78, 5) is 29.1. The fourth-order valence-electron chi connectivity index (χ4n) is 3.31. The number of carbonyl (C=O) groups excluding carboxylic acids is 2. The van der Waals surface area contributed by atoms with Gasteiger partial charge in [-0.15, -0.1) is 0 Å². The van der Waals surface area contributed by atoms with Crippen molar-refractivity contribution in [2.24, 2.45) is 0 Å². The average Bonchev–Trinajstić information content (AvgIpc) is 3.13. The Hall–Kier alpha value is -3.93. The number of methoxy groups -OCH3 is 1. The van der Waals surface area contributed by atoms with Gasteiger partial charge in [-0.25, -0.2) is 4.79 Å². The van der Waals surface area contributed by atoms with E-state index >= 15 is 0 Å². The fraction of sp³-hybridized carbons (Fsp3) is 0.0870. The van der Waals surface area contributed by atoms with Crippen LogP contribution >= 0.6 is 0 Å². The molecule has 29 heavy (non-hydrogen) atoms. The molecule has 2 aromatic heterocycles. The minimum atomic E-state index is -0.499. The number of rotatable bonds is 5. The predicted octanol–water partition coefficient (Wildman–Crippen LogP) is 4.12. The molecule has 2 heterocycles. The number of fused-ring (bicyclic) bond motifs is 1. The monoisotopic (exact) mass is 385 g/mol. The Balaban J connectivity index is 1.70. The minimum absolute atomic E-state index is 0.286. The maximum atomic E-state index is 13.1. The van der Waals surface area contributed by atoms with Crippen molar-refractivity contribution in [3.63, 3.8) is 0 Å². The van der Waals surface area contributed by atoms with E-state index in [0.717, 1.165) is 16.5 Å². The molecule has 6 nitrogen and oxygen atoms in total. The number of amides is 1. The summed E-state index contributed by atoms with van der Waals surface area (Å²) in [6, 6.07) is 18.4. The molecule has 1 amide bonds. The Bertz CT molecular complexity index is 1180. The van der Waals surface area contributed by atoms with Crippen molar-refractivity contribution >= 4 is 28.5 Å². The molecule has 0 bridgehead atoms. The van der Waals surface area contributed by atoms with Crippen LogP contribution in [0.4, 0.5) is 5.69 Å². The summed E-state index contributed by atoms with van der Waals surface area (Å²) in [5, 5.41) is 3.69. The number of ether oxygens (including phenoxy) is 1. The third-order valence-corrected chi connectivity index (χ3v) is 4.72. The van der Waals surface area contributed by atoms with Gasteiger partial charge in [-0.05, 0) is 35.9 Å². The van der Waals surface area contributed by atoms with Crippen LogP contribution in [-0.2, 0) is 11.3 Å². The standard InChI is InChI=1S/C23H19N3O3/c1-29-23(28)18-7-2-4-8-20(18)25-22(27)19-15-26(14-16-10-12-24-13-11-16)21-9-5-3-6-17(19)21/h2-13,15H,14H2,1H3,(H,25,27). The molecule has 0 saturated carbocycles. The summed E-state index contributed by atoms with van der Waals surface area (Å²) in [5.74, 6) is -0.785. The molecular formula is C23H19N3O3. The average molecular weight is 385 g/mol. The Labute approximate surface area is 167 Å². The van der Waals surface area contributed by atoms with Crippen LogP contribution in [0.15, 0.2) is 79.3 Å². The number of para-hydroxylation sites is 2. The van der Waals surface area contributed by atoms with Gasteiger partial charge in [0, 0.05) is 36.0 Å². The molecule has 0 aliphatic carbocycles. The van der Waals surface area contributed by atoms with E-state index in [2.05, 4.69) is 10.3 Å². The van der Waals surface area contributed by atoms with Crippen molar-refractivity contribution in [1.29, 1.82) is 0 Å². The number of anilines is 1. The highest BCUT2D eigenvalue weighted by atomic mass is 16.5. The molecule has 0 saturated heterocycles. The quantitative estimate of drug-likeness (QED) is 0.525. The van der Waals surface area contributed by atoms with Crippen LogP contribution in [0.2, 0.25) is 0 Å². The molecule has 1 N–H and O–H groups in total. The molecule has 4 aromatic rings. The Morgan fingerprint density at radius 3 is 2.48 bits per heavy atom. The van der Waals surface area contributed by atoms with Gasteiger partial charge in [0.25, 0.3) is 5.91 Å². The van der Waals surface area contributed by atoms with E-state index < -0.39 is 5.97 Å². The number of nitrogens with one attached hydrogen (secondary N) is 1. The molecule has 0 unspecified atom stereocenters. The van der Waals surface area contributed by atoms with E-state index in [4.69, 9.17) is 4.74 Å². The highest BCUT2D eigenvalue weighted by Gasteiger charge is 2.18. The van der Waals surface area contributed by atoms with Crippen molar-refractivity contribution in [1.82, 2.24) is 9.55 Å². The third-order valence-electron chi connectivity index (χ3n) is 4.72. The molecule has 144 valence electrons. The molecule has 0 spiro atoms. The van der Waals surface area contributed by atoms with E-state index in [1.165, 1.54) is 7.11 Å². The molecule has 4 rings (SSSR count). The largest absolute Gasteiger partial charge is 0.465 e. The van der Waals surface area contributed by atoms with Crippen LogP contribution in [0.5, 0.6) is 0 Å². The van der Waals surface area contributed by atoms with Gasteiger partial charge < -0.3 is 14.6 Å². The predicted molar refractivity (Wildman–Crippen MR) is 111 cm³/mol. The van der Waals surface area contributed by atoms with Crippen LogP contribution in [-0.4, -0.2) is 28.5 Å². The summed E-state index contributed by atoms with van der Waals surface area (Å²) in [6.45, 7) is 0.620. The number of aromatic nitrogens is 2. The maximum absolute atomic E-state index is 13.1. The summed E-state index contributed by atoms with van der Waals surface area (Å²) >= 11 is 0. The molecule has 2 aromatic carbocycles. The van der Waals surface area contributed by atoms with Gasteiger partial charge >= 0.3 is 5.97 Å². The Morgan fingerprint density at radius 1 is 0.966 bits per heavy atom. The molecule has 0 fully saturated rings. The number of carbonyl (C=O) groups is 2. The second-order valence-electron chi connectivity index (χ2n) is 6.53. The summed E-state index contributed by atoms with van der Waals surface area (Å²) in [7, 11) is 1.31. The lowest BCUT2D eigenvalue weighted by Crippen LogP contribution is -2.15. The first-order valence-corrected chi connectivity index (χ1v) is 9.13. The molecule has 0 radical (unpaired) electrons. The number of benzene rings is 2. The molecule has 6 heteroatoms. The van der Waals surface area contributed by atoms with E-state index in [9.17, 15) is 9.59 Å². The number of hydrogen-bond donors (Lipinski definition) is 1. The zero-order valence-corrected chi connectivity index (χ0v) is 15.8. The number of esters is 1. The number of pyridine rings is 1. The topological polar surface area (TPSA) is 73.2 Å². The zero-order chi connectivity index (χ0) is 20.2. The Morgan fingerprint density at radius 2 is 1.69 bits per heavy atom. The van der Waals surface area contributed by atoms with Gasteiger partial charge in [0.15, 0.2) is 0 Å². The highest BCUT2D eigenvalue weighted by molar-refractivity contribution is 6.14. The van der Waals surface area contributed by atoms with Gasteiger partial charge in [-0.2, -0.15) is 0 Å². The van der Waals surface area contributed by atoms with Crippen LogP contribution in [0.3, 0.4) is 0 Å². The lowest BCUT2D eigenvalue weighted by atomic mass is 10.1. The van der Waals surface area contributed by atoms with Crippen LogP contribution in [0.25, 0.3) is 10.9 Å². The zero-order valence-electron chi connectivity index (χ0n) is 15.8. The van der Waals surface area contributed by atoms with Crippen molar-refractivity contribution in [2.75, 3.05) is 12.4 Å². The molecular weight excluding hydrogens is 366 g/mol. The van der Waals surface area contributed by atoms with Crippen molar-refractivity contribution in [2.45, 2.75) is 6.54 Å². The SMILES string of the molecule is COC(=O)c1ccccc1NC(=O)c1cn(Cc2ccncc2)c2ccccc12. The lowest BCUT2D eigenvalue weighted by Gasteiger charge is -2.09. The van der Waals surface area contributed by atoms with Crippen molar-refractivity contribution in [3.05, 3.63) is 95.9 Å². The van der Waals surface area contributed by atoms with E-state index in [0.29, 0.717) is 23.4 Å². The van der Waals surface area contributed by atoms with Gasteiger partial charge in [0.1, 0.15) is 0 Å². The summed E-state index contributed by atoms with van der Waals surface area (Å²) in [5.41, 5.74) is 3.30. The first-order chi connectivity index (χ1) is 14.2. The summed E-state index contributed by atoms with van der Waals surface area (Å²) < 4.78 is 6.84. The first-order valence-electron chi connectivity index (χ1n) is 9.13. The smallest absolute Gasteiger partial charge is 0.339 e. The second kappa shape index (κ2) is 7.98. The Kier molecular flexibility index (Phi) is 5.07. The lowest BCUT2D eigenvalue weighted by molar-refractivity contribution is 0.0602. The fourth-order valence-corrected chi connectivity index (χ4v) is 3.31. The molecule has 0 atom stereocenters. The van der Waals surface area contributed by atoms with E-state index in [1.807, 2.05) is 47.2 Å². The molecule has 0 aliphatic heterocycles. The van der Waals surface area contributed by atoms with Gasteiger partial charge in [0.05, 0.1) is 23.9 Å². The van der Waals surface area contributed by atoms with Crippen molar-refractivity contribution in [3.8, 4) is 0 Å². The maximum Gasteiger partial charge on any atom is 0.339 e. The van der Waals surface area contributed by atoms with Crippen LogP contribution in [0, 0.1) is 0 Å². The molecule has 0 aliphatic rings. The van der Waals surface area contributed by atoms with Crippen molar-refractivity contribution < 1.29 is 14.3 Å². The highest BCUT2D eigenvalue weighted by Crippen LogP contribution is 2.24. The second-order valence-corrected chi connectivity index (χ2v) is 6.53. The summed E-state index contributed by atoms with van der Waals surface area (Å²) in [6.07, 6.45) is 5.33. The normalized spacial score (nSPS) is 10.7. The first kappa shape index (κ1) is 18.4. The van der Waals surface area contributed by atoms with Gasteiger partial charge in [-0.1, -0.05) is 30.3 Å². The number of nitrogens with zero attached hydrogens (tertiary/aromatic N) is 2. The minimum Gasteiger partial charge on any atom is -0.465 e. The van der Waals surface area contributed by atoms with E-state index in [1.54, 1.807) is 36.7 Å². The third kappa shape index (κ3) is 3.73. The van der Waals surface area contributed by atoms with Crippen LogP contribution in [0.1, 0.15) is 26.3 Å². The van der Waals surface area contributed by atoms with Gasteiger partial charge in [0.2, 0.25) is 0 Å². The number of hydrogen-bond acceptors (Lipinski definition) is 4. The van der Waals surface area contributed by atoms with Gasteiger partial charge in [-0.3, -0.25) is 9.78 Å².